The van der Waals surface area contributed by atoms with Crippen molar-refractivity contribution in [3.05, 3.63) is 61.5 Å². The van der Waals surface area contributed by atoms with Gasteiger partial charge in [0.2, 0.25) is 10.5 Å². The Morgan fingerprint density at radius 1 is 1.32 bits per heavy atom. The first kappa shape index (κ1) is 20.0. The van der Waals surface area contributed by atoms with Crippen LogP contribution < -0.4 is 35.1 Å². The van der Waals surface area contributed by atoms with E-state index < -0.39 is 0 Å². The Hall–Kier alpha value is -1.29. The maximum absolute atomic E-state index is 13.5. The van der Waals surface area contributed by atoms with Gasteiger partial charge in [0.1, 0.15) is 4.83 Å². The van der Waals surface area contributed by atoms with Crippen LogP contribution in [-0.4, -0.2) is 24.8 Å². The van der Waals surface area contributed by atoms with Crippen LogP contribution in [0, 0.1) is 4.77 Å². The molecule has 1 aliphatic heterocycles. The summed E-state index contributed by atoms with van der Waals surface area (Å²) in [6, 6.07) is 9.92. The van der Waals surface area contributed by atoms with Crippen molar-refractivity contribution in [1.29, 1.82) is 0 Å². The standard InChI is InChI=1S/C19H18N4O2S2.Na/c1-19(2)8-12-13(10-25-19)27-16-14(12)15(24)22(9-11-6-4-3-5-7-11)17-20-21-18(26)23(16)17;/h3-7H,8-10H2,1-2H3,(H,21,26);/q;+1. The van der Waals surface area contributed by atoms with Gasteiger partial charge in [-0.3, -0.25) is 9.36 Å². The van der Waals surface area contributed by atoms with Crippen LogP contribution in [0.3, 0.4) is 0 Å². The number of aromatic nitrogens is 4. The molecule has 5 rings (SSSR count). The zero-order valence-corrected chi connectivity index (χ0v) is 19.6. The van der Waals surface area contributed by atoms with Crippen molar-refractivity contribution in [3.8, 4) is 0 Å². The summed E-state index contributed by atoms with van der Waals surface area (Å²) in [6.45, 7) is 5.09. The molecule has 0 spiro atoms. The van der Waals surface area contributed by atoms with E-state index in [1.807, 2.05) is 34.7 Å². The van der Waals surface area contributed by atoms with E-state index in [-0.39, 0.29) is 40.7 Å². The van der Waals surface area contributed by atoms with Crippen molar-refractivity contribution in [1.82, 2.24) is 19.2 Å². The minimum Gasteiger partial charge on any atom is -0.370 e. The number of nitrogens with one attached hydrogen (secondary N) is 1. The van der Waals surface area contributed by atoms with E-state index in [1.54, 1.807) is 15.9 Å². The Morgan fingerprint density at radius 2 is 2.07 bits per heavy atom. The van der Waals surface area contributed by atoms with Crippen LogP contribution in [0.1, 0.15) is 29.9 Å². The van der Waals surface area contributed by atoms with Crippen LogP contribution in [0.2, 0.25) is 0 Å². The summed E-state index contributed by atoms with van der Waals surface area (Å²) in [5.41, 5.74) is 1.82. The summed E-state index contributed by atoms with van der Waals surface area (Å²) in [6.07, 6.45) is 0.708. The smallest absolute Gasteiger partial charge is 0.370 e. The second kappa shape index (κ2) is 7.19. The second-order valence-corrected chi connectivity index (χ2v) is 8.92. The van der Waals surface area contributed by atoms with Crippen LogP contribution in [-0.2, 0) is 24.3 Å². The van der Waals surface area contributed by atoms with Gasteiger partial charge in [0.25, 0.3) is 5.56 Å². The molecule has 4 aromatic rings. The molecular formula is C19H18N4NaO2S2+. The zero-order chi connectivity index (χ0) is 18.8. The molecule has 28 heavy (non-hydrogen) atoms. The number of H-pyrrole nitrogens is 1. The Balaban J connectivity index is 0.00000192. The third kappa shape index (κ3) is 3.12. The van der Waals surface area contributed by atoms with Gasteiger partial charge in [-0.15, -0.1) is 16.4 Å². The second-order valence-electron chi connectivity index (χ2n) is 7.45. The number of ether oxygens (including phenoxy) is 1. The van der Waals surface area contributed by atoms with Crippen LogP contribution >= 0.6 is 23.6 Å². The Kier molecular flexibility index (Phi) is 5.14. The topological polar surface area (TPSA) is 64.3 Å². The molecule has 0 fully saturated rings. The molecule has 0 saturated carbocycles. The van der Waals surface area contributed by atoms with E-state index in [9.17, 15) is 4.79 Å². The molecular weight excluding hydrogens is 403 g/mol. The van der Waals surface area contributed by atoms with Gasteiger partial charge in [0.05, 0.1) is 24.1 Å². The Labute approximate surface area is 192 Å². The molecule has 0 unspecified atom stereocenters. The minimum atomic E-state index is -0.287. The summed E-state index contributed by atoms with van der Waals surface area (Å²) in [5.74, 6) is 0.542. The molecule has 3 aromatic heterocycles. The van der Waals surface area contributed by atoms with Gasteiger partial charge in [0, 0.05) is 11.3 Å². The van der Waals surface area contributed by atoms with Crippen molar-refractivity contribution in [2.45, 2.75) is 39.0 Å². The normalized spacial score (nSPS) is 15.5. The molecule has 4 heterocycles. The van der Waals surface area contributed by atoms with Gasteiger partial charge >= 0.3 is 29.6 Å². The molecule has 0 amide bonds. The average Bonchev–Trinajstić information content (AvgIpc) is 3.19. The minimum absolute atomic E-state index is 0. The Morgan fingerprint density at radius 3 is 2.82 bits per heavy atom. The van der Waals surface area contributed by atoms with Gasteiger partial charge in [-0.1, -0.05) is 30.3 Å². The fourth-order valence-corrected chi connectivity index (χ4v) is 5.21. The third-order valence-electron chi connectivity index (χ3n) is 5.01. The molecule has 0 aliphatic carbocycles. The summed E-state index contributed by atoms with van der Waals surface area (Å²) in [4.78, 5) is 15.5. The number of aromatic amines is 1. The van der Waals surface area contributed by atoms with Gasteiger partial charge in [-0.05, 0) is 37.2 Å². The van der Waals surface area contributed by atoms with Crippen molar-refractivity contribution in [2.75, 3.05) is 0 Å². The predicted octanol–water partition coefficient (Wildman–Crippen LogP) is 0.672. The summed E-state index contributed by atoms with van der Waals surface area (Å²) in [5, 5.41) is 7.94. The SMILES string of the molecule is CC1(C)Cc2c(sc3c2c(=O)n(Cc2ccccc2)c2n[nH]c(=S)n32)CO1.[Na+]. The van der Waals surface area contributed by atoms with E-state index in [1.165, 1.54) is 0 Å². The molecule has 0 saturated heterocycles. The number of hydrogen-bond acceptors (Lipinski definition) is 5. The molecule has 1 aromatic carbocycles. The molecule has 1 aliphatic rings. The van der Waals surface area contributed by atoms with Crippen molar-refractivity contribution >= 4 is 39.5 Å². The zero-order valence-electron chi connectivity index (χ0n) is 16.0. The summed E-state index contributed by atoms with van der Waals surface area (Å²) in [7, 11) is 0. The number of thiophene rings is 1. The molecule has 9 heteroatoms. The number of hydrogen-bond donors (Lipinski definition) is 1. The maximum atomic E-state index is 13.5. The first-order valence-electron chi connectivity index (χ1n) is 8.77. The van der Waals surface area contributed by atoms with E-state index >= 15 is 0 Å². The van der Waals surface area contributed by atoms with Crippen LogP contribution in [0.5, 0.6) is 0 Å². The summed E-state index contributed by atoms with van der Waals surface area (Å²) < 4.78 is 10.0. The predicted molar refractivity (Wildman–Crippen MR) is 108 cm³/mol. The monoisotopic (exact) mass is 421 g/mol. The van der Waals surface area contributed by atoms with Gasteiger partial charge in [-0.25, -0.2) is 9.50 Å². The molecule has 0 radical (unpaired) electrons. The van der Waals surface area contributed by atoms with Gasteiger partial charge in [0.15, 0.2) is 0 Å². The third-order valence-corrected chi connectivity index (χ3v) is 6.47. The van der Waals surface area contributed by atoms with E-state index in [4.69, 9.17) is 17.0 Å². The van der Waals surface area contributed by atoms with Gasteiger partial charge < -0.3 is 4.74 Å². The number of fused-ring (bicyclic) bond motifs is 5. The molecule has 0 atom stereocenters. The molecule has 138 valence electrons. The van der Waals surface area contributed by atoms with E-state index in [2.05, 4.69) is 24.0 Å². The molecule has 6 nitrogen and oxygen atoms in total. The van der Waals surface area contributed by atoms with Crippen LogP contribution in [0.4, 0.5) is 0 Å². The van der Waals surface area contributed by atoms with Crippen LogP contribution in [0.25, 0.3) is 16.0 Å². The molecule has 1 N–H and O–H groups in total. The average molecular weight is 422 g/mol. The van der Waals surface area contributed by atoms with Gasteiger partial charge in [-0.2, -0.15) is 0 Å². The van der Waals surface area contributed by atoms with Crippen molar-refractivity contribution in [3.63, 3.8) is 0 Å². The number of rotatable bonds is 2. The Bertz CT molecular complexity index is 1300. The van der Waals surface area contributed by atoms with Crippen molar-refractivity contribution in [2.24, 2.45) is 0 Å². The fourth-order valence-electron chi connectivity index (χ4n) is 3.70. The number of nitrogens with zero attached hydrogens (tertiary/aromatic N) is 3. The van der Waals surface area contributed by atoms with E-state index in [0.29, 0.717) is 30.1 Å². The van der Waals surface area contributed by atoms with E-state index in [0.717, 1.165) is 26.2 Å². The first-order chi connectivity index (χ1) is 12.9. The summed E-state index contributed by atoms with van der Waals surface area (Å²) >= 11 is 7.05. The quantitative estimate of drug-likeness (QED) is 0.382. The first-order valence-corrected chi connectivity index (χ1v) is 9.99. The fraction of sp³-hybridized carbons (Fsp3) is 0.316. The van der Waals surface area contributed by atoms with Crippen molar-refractivity contribution < 1.29 is 34.3 Å². The van der Waals surface area contributed by atoms with Crippen LogP contribution in [0.15, 0.2) is 35.1 Å². The molecule has 0 bridgehead atoms. The maximum Gasteiger partial charge on any atom is 1.00 e. The number of benzene rings is 1. The largest absolute Gasteiger partial charge is 1.00 e.